The van der Waals surface area contributed by atoms with E-state index in [1.807, 2.05) is 13.8 Å². The lowest BCUT2D eigenvalue weighted by Crippen LogP contribution is -2.39. The number of hydrogen-bond acceptors (Lipinski definition) is 3. The van der Waals surface area contributed by atoms with Crippen molar-refractivity contribution in [2.45, 2.75) is 32.3 Å². The average molecular weight is 271 g/mol. The summed E-state index contributed by atoms with van der Waals surface area (Å²) in [4.78, 5) is 12.5. The van der Waals surface area contributed by atoms with E-state index in [1.165, 1.54) is 7.11 Å². The number of carbonyl (C=O) groups excluding carboxylic acids is 1. The van der Waals surface area contributed by atoms with Crippen molar-refractivity contribution in [2.24, 2.45) is 0 Å². The van der Waals surface area contributed by atoms with E-state index >= 15 is 0 Å². The Labute approximate surface area is 113 Å². The quantitative estimate of drug-likeness (QED) is 0.739. The Hall–Kier alpha value is -1.06. The first kappa shape index (κ1) is 15.0. The standard InChI is InChI=1S/C14H19ClO3/c1-5-14(6-2,18-4)13(16)10-7-8-11(15)12(9-10)17-3/h7-9H,5-6H2,1-4H3. The van der Waals surface area contributed by atoms with Gasteiger partial charge in [0.25, 0.3) is 0 Å². The number of carbonyl (C=O) groups is 1. The molecule has 3 nitrogen and oxygen atoms in total. The molecule has 0 bridgehead atoms. The highest BCUT2D eigenvalue weighted by atomic mass is 35.5. The van der Waals surface area contributed by atoms with Crippen molar-refractivity contribution in [3.8, 4) is 5.75 Å². The summed E-state index contributed by atoms with van der Waals surface area (Å²) in [7, 11) is 3.09. The zero-order valence-corrected chi connectivity index (χ0v) is 12.0. The number of ether oxygens (including phenoxy) is 2. The van der Waals surface area contributed by atoms with Crippen LogP contribution in [0.5, 0.6) is 5.75 Å². The van der Waals surface area contributed by atoms with Crippen LogP contribution in [-0.4, -0.2) is 25.6 Å². The molecule has 0 heterocycles. The number of methoxy groups -OCH3 is 2. The number of halogens is 1. The van der Waals surface area contributed by atoms with Crippen LogP contribution in [0.2, 0.25) is 5.02 Å². The maximum Gasteiger partial charge on any atom is 0.194 e. The summed E-state index contributed by atoms with van der Waals surface area (Å²) in [5.41, 5.74) is -0.208. The largest absolute Gasteiger partial charge is 0.495 e. The van der Waals surface area contributed by atoms with E-state index in [4.69, 9.17) is 21.1 Å². The second-order valence-electron chi connectivity index (χ2n) is 4.08. The minimum atomic E-state index is -0.765. The van der Waals surface area contributed by atoms with Crippen molar-refractivity contribution in [1.29, 1.82) is 0 Å². The van der Waals surface area contributed by atoms with Gasteiger partial charge < -0.3 is 9.47 Å². The molecule has 0 N–H and O–H groups in total. The van der Waals surface area contributed by atoms with Gasteiger partial charge in [-0.15, -0.1) is 0 Å². The SMILES string of the molecule is CCC(CC)(OC)C(=O)c1ccc(Cl)c(OC)c1. The predicted octanol–water partition coefficient (Wildman–Crippen LogP) is 3.74. The molecule has 1 aromatic rings. The zero-order chi connectivity index (χ0) is 13.8. The van der Waals surface area contributed by atoms with E-state index in [2.05, 4.69) is 0 Å². The molecule has 0 aliphatic rings. The number of rotatable bonds is 6. The Morgan fingerprint density at radius 1 is 1.28 bits per heavy atom. The van der Waals surface area contributed by atoms with Crippen LogP contribution in [-0.2, 0) is 4.74 Å². The van der Waals surface area contributed by atoms with Gasteiger partial charge in [-0.05, 0) is 31.0 Å². The fraction of sp³-hybridized carbons (Fsp3) is 0.500. The second kappa shape index (κ2) is 6.21. The summed E-state index contributed by atoms with van der Waals surface area (Å²) in [6.45, 7) is 3.89. The highest BCUT2D eigenvalue weighted by molar-refractivity contribution is 6.32. The molecule has 0 aliphatic carbocycles. The fourth-order valence-electron chi connectivity index (χ4n) is 2.02. The maximum atomic E-state index is 12.5. The first-order valence-corrected chi connectivity index (χ1v) is 6.36. The molecule has 100 valence electrons. The number of hydrogen-bond donors (Lipinski definition) is 0. The van der Waals surface area contributed by atoms with Gasteiger partial charge >= 0.3 is 0 Å². The van der Waals surface area contributed by atoms with Crippen LogP contribution in [0, 0.1) is 0 Å². The third-order valence-corrected chi connectivity index (χ3v) is 3.67. The molecule has 0 spiro atoms. The van der Waals surface area contributed by atoms with Gasteiger partial charge in [0.2, 0.25) is 0 Å². The Bertz CT molecular complexity index is 417. The number of ketones is 1. The van der Waals surface area contributed by atoms with Crippen molar-refractivity contribution in [1.82, 2.24) is 0 Å². The van der Waals surface area contributed by atoms with E-state index < -0.39 is 5.60 Å². The minimum absolute atomic E-state index is 0.0371. The van der Waals surface area contributed by atoms with Crippen LogP contribution in [0.1, 0.15) is 37.0 Å². The summed E-state index contributed by atoms with van der Waals surface area (Å²) in [6, 6.07) is 5.02. The van der Waals surface area contributed by atoms with E-state index in [0.717, 1.165) is 0 Å². The van der Waals surface area contributed by atoms with Gasteiger partial charge in [-0.25, -0.2) is 0 Å². The first-order chi connectivity index (χ1) is 8.54. The van der Waals surface area contributed by atoms with Crippen LogP contribution >= 0.6 is 11.6 Å². The molecule has 0 fully saturated rings. The summed E-state index contributed by atoms with van der Waals surface area (Å²) in [5, 5.41) is 0.491. The molecule has 0 saturated carbocycles. The lowest BCUT2D eigenvalue weighted by molar-refractivity contribution is -0.00262. The van der Waals surface area contributed by atoms with Crippen molar-refractivity contribution in [3.63, 3.8) is 0 Å². The van der Waals surface area contributed by atoms with Crippen LogP contribution in [0.4, 0.5) is 0 Å². The summed E-state index contributed by atoms with van der Waals surface area (Å²) in [6.07, 6.45) is 1.26. The van der Waals surface area contributed by atoms with E-state index in [-0.39, 0.29) is 5.78 Å². The van der Waals surface area contributed by atoms with Gasteiger partial charge in [0.15, 0.2) is 5.78 Å². The molecule has 18 heavy (non-hydrogen) atoms. The Balaban J connectivity index is 3.17. The van der Waals surface area contributed by atoms with Crippen molar-refractivity contribution >= 4 is 17.4 Å². The summed E-state index contributed by atoms with van der Waals surface area (Å²) >= 11 is 5.95. The van der Waals surface area contributed by atoms with Crippen LogP contribution in [0.25, 0.3) is 0 Å². The van der Waals surface area contributed by atoms with Gasteiger partial charge in [0.1, 0.15) is 11.4 Å². The van der Waals surface area contributed by atoms with E-state index in [9.17, 15) is 4.79 Å². The molecule has 0 atom stereocenters. The monoisotopic (exact) mass is 270 g/mol. The van der Waals surface area contributed by atoms with Gasteiger partial charge in [-0.2, -0.15) is 0 Å². The molecule has 0 unspecified atom stereocenters. The van der Waals surface area contributed by atoms with Crippen LogP contribution < -0.4 is 4.74 Å². The highest BCUT2D eigenvalue weighted by Gasteiger charge is 2.35. The van der Waals surface area contributed by atoms with Crippen LogP contribution in [0.15, 0.2) is 18.2 Å². The number of Topliss-reactive ketones (excluding diaryl/α,β-unsaturated/α-hetero) is 1. The molecule has 0 aliphatic heterocycles. The van der Waals surface area contributed by atoms with Crippen molar-refractivity contribution in [3.05, 3.63) is 28.8 Å². The highest BCUT2D eigenvalue weighted by Crippen LogP contribution is 2.30. The van der Waals surface area contributed by atoms with Crippen molar-refractivity contribution < 1.29 is 14.3 Å². The first-order valence-electron chi connectivity index (χ1n) is 5.98. The van der Waals surface area contributed by atoms with Gasteiger partial charge in [-0.3, -0.25) is 4.79 Å². The topological polar surface area (TPSA) is 35.5 Å². The maximum absolute atomic E-state index is 12.5. The second-order valence-corrected chi connectivity index (χ2v) is 4.49. The Kier molecular flexibility index (Phi) is 5.17. The molecule has 0 saturated heterocycles. The fourth-order valence-corrected chi connectivity index (χ4v) is 2.21. The number of benzene rings is 1. The average Bonchev–Trinajstić information content (AvgIpc) is 2.41. The molecular formula is C14H19ClO3. The molecule has 0 aromatic heterocycles. The smallest absolute Gasteiger partial charge is 0.194 e. The normalized spacial score (nSPS) is 11.4. The third kappa shape index (κ3) is 2.68. The molecule has 0 radical (unpaired) electrons. The van der Waals surface area contributed by atoms with Gasteiger partial charge in [0, 0.05) is 12.7 Å². The summed E-state index contributed by atoms with van der Waals surface area (Å²) < 4.78 is 10.6. The zero-order valence-electron chi connectivity index (χ0n) is 11.2. The van der Waals surface area contributed by atoms with Crippen molar-refractivity contribution in [2.75, 3.05) is 14.2 Å². The lowest BCUT2D eigenvalue weighted by Gasteiger charge is -2.28. The molecular weight excluding hydrogens is 252 g/mol. The predicted molar refractivity (Wildman–Crippen MR) is 72.7 cm³/mol. The lowest BCUT2D eigenvalue weighted by atomic mass is 9.87. The Morgan fingerprint density at radius 2 is 1.89 bits per heavy atom. The summed E-state index contributed by atoms with van der Waals surface area (Å²) in [5.74, 6) is 0.463. The van der Waals surface area contributed by atoms with E-state index in [0.29, 0.717) is 29.2 Å². The van der Waals surface area contributed by atoms with Crippen LogP contribution in [0.3, 0.4) is 0 Å². The molecule has 0 amide bonds. The minimum Gasteiger partial charge on any atom is -0.495 e. The molecule has 1 aromatic carbocycles. The molecule has 4 heteroatoms. The van der Waals surface area contributed by atoms with Gasteiger partial charge in [0.05, 0.1) is 12.1 Å². The molecule has 1 rings (SSSR count). The third-order valence-electron chi connectivity index (χ3n) is 3.36. The Morgan fingerprint density at radius 3 is 2.33 bits per heavy atom. The van der Waals surface area contributed by atoms with E-state index in [1.54, 1.807) is 25.3 Å². The van der Waals surface area contributed by atoms with Gasteiger partial charge in [-0.1, -0.05) is 25.4 Å².